The predicted molar refractivity (Wildman–Crippen MR) is 71.1 cm³/mol. The zero-order valence-corrected chi connectivity index (χ0v) is 11.8. The van der Waals surface area contributed by atoms with Gasteiger partial charge in [0.25, 0.3) is 0 Å². The van der Waals surface area contributed by atoms with Gasteiger partial charge in [-0.05, 0) is 31.7 Å². The monoisotopic (exact) mass is 288 g/mol. The number of hydrogen-bond acceptors (Lipinski definition) is 2. The largest absolute Gasteiger partial charge is 0.416 e. The van der Waals surface area contributed by atoms with Gasteiger partial charge in [0, 0.05) is 26.1 Å². The van der Waals surface area contributed by atoms with Crippen LogP contribution in [0.15, 0.2) is 24.3 Å². The molecule has 6 heteroatoms. The number of hydrogen-bond donors (Lipinski definition) is 1. The molecule has 0 aromatic heterocycles. The third-order valence-corrected chi connectivity index (χ3v) is 3.23. The Balaban J connectivity index is 2.62. The highest BCUT2D eigenvalue weighted by Crippen LogP contribution is 2.29. The lowest BCUT2D eigenvalue weighted by molar-refractivity contribution is -0.137. The number of rotatable bonds is 5. The Hall–Kier alpha value is -1.56. The summed E-state index contributed by atoms with van der Waals surface area (Å²) in [5, 5.41) is 2.55. The fourth-order valence-corrected chi connectivity index (χ4v) is 1.77. The molecule has 0 bridgehead atoms. The van der Waals surface area contributed by atoms with Crippen LogP contribution in [0, 0.1) is 0 Å². The molecule has 1 rings (SSSR count). The van der Waals surface area contributed by atoms with Crippen LogP contribution >= 0.6 is 0 Å². The van der Waals surface area contributed by atoms with Gasteiger partial charge in [0.2, 0.25) is 5.91 Å². The van der Waals surface area contributed by atoms with Gasteiger partial charge in [0.1, 0.15) is 0 Å². The molecule has 0 aliphatic rings. The van der Waals surface area contributed by atoms with E-state index in [4.69, 9.17) is 0 Å². The van der Waals surface area contributed by atoms with E-state index in [0.29, 0.717) is 13.0 Å². The number of carbonyl (C=O) groups is 1. The predicted octanol–water partition coefficient (Wildman–Crippen LogP) is 2.66. The SMILES string of the molecule is CNC(=O)C[C@@H](C)N(C)Cc1ccc(C(F)(F)F)cc1. The molecule has 0 unspecified atom stereocenters. The van der Waals surface area contributed by atoms with E-state index in [1.54, 1.807) is 7.05 Å². The summed E-state index contributed by atoms with van der Waals surface area (Å²) >= 11 is 0. The van der Waals surface area contributed by atoms with E-state index < -0.39 is 11.7 Å². The van der Waals surface area contributed by atoms with Crippen molar-refractivity contribution in [3.63, 3.8) is 0 Å². The molecule has 0 aliphatic heterocycles. The van der Waals surface area contributed by atoms with E-state index in [1.165, 1.54) is 12.1 Å². The van der Waals surface area contributed by atoms with E-state index in [1.807, 2.05) is 18.9 Å². The summed E-state index contributed by atoms with van der Waals surface area (Å²) in [7, 11) is 3.41. The average molecular weight is 288 g/mol. The van der Waals surface area contributed by atoms with Gasteiger partial charge in [-0.2, -0.15) is 13.2 Å². The molecule has 1 atom stereocenters. The molecular weight excluding hydrogens is 269 g/mol. The Kier molecular flexibility index (Phi) is 5.56. The van der Waals surface area contributed by atoms with Crippen LogP contribution in [0.3, 0.4) is 0 Å². The summed E-state index contributed by atoms with van der Waals surface area (Å²) in [5.74, 6) is -0.0585. The van der Waals surface area contributed by atoms with Crippen LogP contribution in [-0.4, -0.2) is 30.9 Å². The van der Waals surface area contributed by atoms with Crippen LogP contribution in [0.2, 0.25) is 0 Å². The van der Waals surface area contributed by atoms with E-state index in [0.717, 1.165) is 17.7 Å². The Morgan fingerprint density at radius 1 is 1.30 bits per heavy atom. The number of halogens is 3. The van der Waals surface area contributed by atoms with Crippen molar-refractivity contribution in [3.05, 3.63) is 35.4 Å². The molecule has 0 fully saturated rings. The number of carbonyl (C=O) groups excluding carboxylic acids is 1. The van der Waals surface area contributed by atoms with Gasteiger partial charge < -0.3 is 5.32 Å². The Bertz CT molecular complexity index is 443. The first-order chi connectivity index (χ1) is 9.24. The molecule has 0 spiro atoms. The molecular formula is C14H19F3N2O. The van der Waals surface area contributed by atoms with Crippen LogP contribution < -0.4 is 5.32 Å². The molecule has 112 valence electrons. The van der Waals surface area contributed by atoms with Gasteiger partial charge in [-0.15, -0.1) is 0 Å². The van der Waals surface area contributed by atoms with Crippen LogP contribution in [0.1, 0.15) is 24.5 Å². The van der Waals surface area contributed by atoms with Crippen molar-refractivity contribution in [2.75, 3.05) is 14.1 Å². The Morgan fingerprint density at radius 2 is 1.85 bits per heavy atom. The lowest BCUT2D eigenvalue weighted by Crippen LogP contribution is -2.33. The van der Waals surface area contributed by atoms with E-state index in [2.05, 4.69) is 5.32 Å². The number of alkyl halides is 3. The second-order valence-corrected chi connectivity index (χ2v) is 4.84. The van der Waals surface area contributed by atoms with E-state index in [-0.39, 0.29) is 11.9 Å². The van der Waals surface area contributed by atoms with E-state index >= 15 is 0 Å². The molecule has 0 saturated carbocycles. The van der Waals surface area contributed by atoms with Crippen LogP contribution in [0.5, 0.6) is 0 Å². The lowest BCUT2D eigenvalue weighted by atomic mass is 10.1. The topological polar surface area (TPSA) is 32.3 Å². The van der Waals surface area contributed by atoms with Crippen LogP contribution in [0.4, 0.5) is 13.2 Å². The number of amides is 1. The maximum atomic E-state index is 12.4. The summed E-state index contributed by atoms with van der Waals surface area (Å²) in [6.45, 7) is 2.40. The van der Waals surface area contributed by atoms with Gasteiger partial charge in [-0.25, -0.2) is 0 Å². The quantitative estimate of drug-likeness (QED) is 0.903. The first-order valence-electron chi connectivity index (χ1n) is 6.31. The van der Waals surface area contributed by atoms with Crippen molar-refractivity contribution in [1.82, 2.24) is 10.2 Å². The minimum atomic E-state index is -4.31. The number of nitrogens with zero attached hydrogens (tertiary/aromatic N) is 1. The van der Waals surface area contributed by atoms with Crippen molar-refractivity contribution in [3.8, 4) is 0 Å². The molecule has 0 heterocycles. The summed E-state index contributed by atoms with van der Waals surface area (Å²) in [4.78, 5) is 13.2. The van der Waals surface area contributed by atoms with Crippen molar-refractivity contribution >= 4 is 5.91 Å². The highest BCUT2D eigenvalue weighted by molar-refractivity contribution is 5.76. The van der Waals surface area contributed by atoms with Crippen LogP contribution in [-0.2, 0) is 17.5 Å². The average Bonchev–Trinajstić information content (AvgIpc) is 2.38. The summed E-state index contributed by atoms with van der Waals surface area (Å²) in [6.07, 6.45) is -3.95. The van der Waals surface area contributed by atoms with Crippen molar-refractivity contribution < 1.29 is 18.0 Å². The Labute approximate surface area is 116 Å². The smallest absolute Gasteiger partial charge is 0.359 e. The van der Waals surface area contributed by atoms with Crippen molar-refractivity contribution in [2.24, 2.45) is 0 Å². The molecule has 1 aromatic carbocycles. The van der Waals surface area contributed by atoms with Crippen LogP contribution in [0.25, 0.3) is 0 Å². The van der Waals surface area contributed by atoms with Crippen molar-refractivity contribution in [1.29, 1.82) is 0 Å². The van der Waals surface area contributed by atoms with Gasteiger partial charge in [-0.1, -0.05) is 12.1 Å². The second kappa shape index (κ2) is 6.74. The van der Waals surface area contributed by atoms with E-state index in [9.17, 15) is 18.0 Å². The molecule has 3 nitrogen and oxygen atoms in total. The highest BCUT2D eigenvalue weighted by atomic mass is 19.4. The fourth-order valence-electron chi connectivity index (χ4n) is 1.77. The molecule has 1 aromatic rings. The minimum absolute atomic E-state index is 0.0113. The maximum Gasteiger partial charge on any atom is 0.416 e. The third kappa shape index (κ3) is 4.85. The summed E-state index contributed by atoms with van der Waals surface area (Å²) in [6, 6.07) is 5.09. The number of nitrogens with one attached hydrogen (secondary N) is 1. The summed E-state index contributed by atoms with van der Waals surface area (Å²) < 4.78 is 37.3. The normalized spacial score (nSPS) is 13.3. The Morgan fingerprint density at radius 3 is 2.30 bits per heavy atom. The second-order valence-electron chi connectivity index (χ2n) is 4.84. The lowest BCUT2D eigenvalue weighted by Gasteiger charge is -2.24. The van der Waals surface area contributed by atoms with Gasteiger partial charge in [-0.3, -0.25) is 9.69 Å². The molecule has 20 heavy (non-hydrogen) atoms. The van der Waals surface area contributed by atoms with Gasteiger partial charge in [0.15, 0.2) is 0 Å². The first kappa shape index (κ1) is 16.5. The third-order valence-electron chi connectivity index (χ3n) is 3.23. The molecule has 0 aliphatic carbocycles. The molecule has 1 N–H and O–H groups in total. The molecule has 1 amide bonds. The number of benzene rings is 1. The van der Waals surface area contributed by atoms with Gasteiger partial charge >= 0.3 is 6.18 Å². The fraction of sp³-hybridized carbons (Fsp3) is 0.500. The minimum Gasteiger partial charge on any atom is -0.359 e. The maximum absolute atomic E-state index is 12.4. The highest BCUT2D eigenvalue weighted by Gasteiger charge is 2.29. The zero-order chi connectivity index (χ0) is 15.3. The molecule has 0 radical (unpaired) electrons. The molecule has 0 saturated heterocycles. The summed E-state index contributed by atoms with van der Waals surface area (Å²) in [5.41, 5.74) is 0.131. The van der Waals surface area contributed by atoms with Gasteiger partial charge in [0.05, 0.1) is 5.56 Å². The standard InChI is InChI=1S/C14H19F3N2O/c1-10(8-13(20)18-2)19(3)9-11-4-6-12(7-5-11)14(15,16)17/h4-7,10H,8-9H2,1-3H3,(H,18,20)/t10-/m1/s1. The van der Waals surface area contributed by atoms with Crippen molar-refractivity contribution in [2.45, 2.75) is 32.1 Å². The zero-order valence-electron chi connectivity index (χ0n) is 11.8. The first-order valence-corrected chi connectivity index (χ1v) is 6.31.